The van der Waals surface area contributed by atoms with Crippen LogP contribution in [0.4, 0.5) is 5.69 Å². The number of carbonyl (C=O) groups excluding carboxylic acids is 1. The van der Waals surface area contributed by atoms with Crippen LogP contribution in [0.25, 0.3) is 0 Å². The maximum absolute atomic E-state index is 11.7. The Labute approximate surface area is 143 Å². The van der Waals surface area contributed by atoms with Crippen LogP contribution in [0.3, 0.4) is 0 Å². The molecule has 1 unspecified atom stereocenters. The van der Waals surface area contributed by atoms with E-state index < -0.39 is 6.10 Å². The number of unbranched alkanes of at least 4 members (excludes halogenated alkanes) is 1. The van der Waals surface area contributed by atoms with Gasteiger partial charge in [0.25, 0.3) is 0 Å². The van der Waals surface area contributed by atoms with Crippen LogP contribution >= 0.6 is 0 Å². The third kappa shape index (κ3) is 6.99. The summed E-state index contributed by atoms with van der Waals surface area (Å²) in [5.41, 5.74) is 0.877. The van der Waals surface area contributed by atoms with Crippen molar-refractivity contribution in [3.05, 3.63) is 23.8 Å². The Morgan fingerprint density at radius 3 is 2.79 bits per heavy atom. The van der Waals surface area contributed by atoms with Crippen LogP contribution in [0, 0.1) is 17.2 Å². The first-order chi connectivity index (χ1) is 11.5. The zero-order valence-corrected chi connectivity index (χ0v) is 14.6. The van der Waals surface area contributed by atoms with Gasteiger partial charge in [-0.05, 0) is 31.2 Å². The van der Waals surface area contributed by atoms with Crippen molar-refractivity contribution in [3.63, 3.8) is 0 Å². The zero-order valence-electron chi connectivity index (χ0n) is 14.6. The van der Waals surface area contributed by atoms with E-state index in [1.165, 1.54) is 0 Å². The number of nitriles is 1. The Morgan fingerprint density at radius 1 is 1.42 bits per heavy atom. The SMILES string of the molecule is CCCCNCC(O)COc1ccc(NC(=O)C(C)C)cc1C#N. The molecule has 0 spiro atoms. The summed E-state index contributed by atoms with van der Waals surface area (Å²) in [6, 6.07) is 6.93. The minimum absolute atomic E-state index is 0.103. The summed E-state index contributed by atoms with van der Waals surface area (Å²) in [7, 11) is 0. The fraction of sp³-hybridized carbons (Fsp3) is 0.556. The Balaban J connectivity index is 2.56. The Morgan fingerprint density at radius 2 is 2.17 bits per heavy atom. The molecule has 24 heavy (non-hydrogen) atoms. The van der Waals surface area contributed by atoms with Crippen molar-refractivity contribution in [3.8, 4) is 11.8 Å². The van der Waals surface area contributed by atoms with Crippen LogP contribution in [0.15, 0.2) is 18.2 Å². The second-order valence-corrected chi connectivity index (χ2v) is 5.99. The first-order valence-corrected chi connectivity index (χ1v) is 8.34. The third-order valence-electron chi connectivity index (χ3n) is 3.41. The molecule has 0 saturated carbocycles. The monoisotopic (exact) mass is 333 g/mol. The lowest BCUT2D eigenvalue weighted by atomic mass is 10.1. The van der Waals surface area contributed by atoms with Gasteiger partial charge in [0.1, 0.15) is 24.5 Å². The molecule has 0 aliphatic carbocycles. The molecule has 0 radical (unpaired) electrons. The Hall–Kier alpha value is -2.10. The fourth-order valence-electron chi connectivity index (χ4n) is 1.92. The van der Waals surface area contributed by atoms with Crippen molar-refractivity contribution < 1.29 is 14.6 Å². The summed E-state index contributed by atoms with van der Waals surface area (Å²) in [5.74, 6) is 0.149. The van der Waals surface area contributed by atoms with Crippen LogP contribution in [-0.2, 0) is 4.79 Å². The summed E-state index contributed by atoms with van der Waals surface area (Å²) >= 11 is 0. The van der Waals surface area contributed by atoms with Gasteiger partial charge in [0.05, 0.1) is 5.56 Å². The number of ether oxygens (including phenoxy) is 1. The van der Waals surface area contributed by atoms with E-state index in [4.69, 9.17) is 4.74 Å². The van der Waals surface area contributed by atoms with E-state index in [2.05, 4.69) is 17.6 Å². The number of anilines is 1. The molecule has 0 aliphatic heterocycles. The highest BCUT2D eigenvalue weighted by atomic mass is 16.5. The molecule has 1 atom stereocenters. The van der Waals surface area contributed by atoms with E-state index in [0.717, 1.165) is 19.4 Å². The van der Waals surface area contributed by atoms with Gasteiger partial charge >= 0.3 is 0 Å². The highest BCUT2D eigenvalue weighted by molar-refractivity contribution is 5.92. The van der Waals surface area contributed by atoms with Gasteiger partial charge in [-0.2, -0.15) is 5.26 Å². The highest BCUT2D eigenvalue weighted by Gasteiger charge is 2.11. The predicted octanol–water partition coefficient (Wildman–Crippen LogP) is 2.28. The molecule has 0 aliphatic rings. The number of nitrogens with zero attached hydrogens (tertiary/aromatic N) is 1. The van der Waals surface area contributed by atoms with E-state index in [1.807, 2.05) is 6.07 Å². The van der Waals surface area contributed by atoms with Crippen LogP contribution in [0.2, 0.25) is 0 Å². The molecule has 1 amide bonds. The van der Waals surface area contributed by atoms with Crippen molar-refractivity contribution in [1.82, 2.24) is 5.32 Å². The van der Waals surface area contributed by atoms with Gasteiger partial charge in [-0.15, -0.1) is 0 Å². The first-order valence-electron chi connectivity index (χ1n) is 8.34. The van der Waals surface area contributed by atoms with Crippen molar-refractivity contribution in [1.29, 1.82) is 5.26 Å². The molecule has 132 valence electrons. The van der Waals surface area contributed by atoms with E-state index in [0.29, 0.717) is 23.5 Å². The second kappa shape index (κ2) is 10.6. The summed E-state index contributed by atoms with van der Waals surface area (Å²) < 4.78 is 5.53. The van der Waals surface area contributed by atoms with E-state index >= 15 is 0 Å². The largest absolute Gasteiger partial charge is 0.489 e. The molecule has 1 aromatic rings. The molecular formula is C18H27N3O3. The summed E-state index contributed by atoms with van der Waals surface area (Å²) in [6.45, 7) is 7.12. The highest BCUT2D eigenvalue weighted by Crippen LogP contribution is 2.22. The van der Waals surface area contributed by atoms with E-state index in [9.17, 15) is 15.2 Å². The van der Waals surface area contributed by atoms with E-state index in [1.54, 1.807) is 32.0 Å². The van der Waals surface area contributed by atoms with Crippen molar-refractivity contribution in [2.24, 2.45) is 5.92 Å². The normalized spacial score (nSPS) is 11.8. The summed E-state index contributed by atoms with van der Waals surface area (Å²) in [5, 5.41) is 25.0. The van der Waals surface area contributed by atoms with Crippen LogP contribution in [-0.4, -0.2) is 36.8 Å². The minimum atomic E-state index is -0.645. The number of amides is 1. The fourth-order valence-corrected chi connectivity index (χ4v) is 1.92. The standard InChI is InChI=1S/C18H27N3O3/c1-4-5-8-20-11-16(22)12-24-17-7-6-15(9-14(17)10-19)21-18(23)13(2)3/h6-7,9,13,16,20,22H,4-5,8,11-12H2,1-3H3,(H,21,23). The van der Waals surface area contributed by atoms with Crippen LogP contribution in [0.1, 0.15) is 39.2 Å². The average molecular weight is 333 g/mol. The average Bonchev–Trinajstić information content (AvgIpc) is 2.57. The molecule has 6 nitrogen and oxygen atoms in total. The van der Waals surface area contributed by atoms with Crippen LogP contribution in [0.5, 0.6) is 5.75 Å². The smallest absolute Gasteiger partial charge is 0.226 e. The van der Waals surface area contributed by atoms with Gasteiger partial charge in [-0.1, -0.05) is 27.2 Å². The summed E-state index contributed by atoms with van der Waals surface area (Å²) in [4.78, 5) is 11.7. The molecule has 1 aromatic carbocycles. The maximum atomic E-state index is 11.7. The van der Waals surface area contributed by atoms with Gasteiger partial charge in [0.2, 0.25) is 5.91 Å². The molecule has 1 rings (SSSR count). The molecule has 6 heteroatoms. The molecule has 0 aromatic heterocycles. The topological polar surface area (TPSA) is 94.4 Å². The minimum Gasteiger partial charge on any atom is -0.489 e. The lowest BCUT2D eigenvalue weighted by molar-refractivity contribution is -0.118. The number of hydrogen-bond donors (Lipinski definition) is 3. The van der Waals surface area contributed by atoms with Gasteiger partial charge in [0, 0.05) is 18.2 Å². The molecular weight excluding hydrogens is 306 g/mol. The Bertz CT molecular complexity index is 567. The van der Waals surface area contributed by atoms with Crippen molar-refractivity contribution in [2.75, 3.05) is 25.0 Å². The first kappa shape index (κ1) is 19.9. The van der Waals surface area contributed by atoms with Crippen LogP contribution < -0.4 is 15.4 Å². The maximum Gasteiger partial charge on any atom is 0.226 e. The third-order valence-corrected chi connectivity index (χ3v) is 3.41. The quantitative estimate of drug-likeness (QED) is 0.571. The number of nitrogens with one attached hydrogen (secondary N) is 2. The van der Waals surface area contributed by atoms with Crippen molar-refractivity contribution in [2.45, 2.75) is 39.7 Å². The lowest BCUT2D eigenvalue weighted by Gasteiger charge is -2.15. The number of aliphatic hydroxyl groups excluding tert-OH is 1. The second-order valence-electron chi connectivity index (χ2n) is 5.99. The number of benzene rings is 1. The molecule has 3 N–H and O–H groups in total. The lowest BCUT2D eigenvalue weighted by Crippen LogP contribution is -2.32. The number of carbonyl (C=O) groups is 1. The number of rotatable bonds is 10. The van der Waals surface area contributed by atoms with Crippen molar-refractivity contribution >= 4 is 11.6 Å². The van der Waals surface area contributed by atoms with Gasteiger partial charge in [-0.3, -0.25) is 4.79 Å². The zero-order chi connectivity index (χ0) is 17.9. The van der Waals surface area contributed by atoms with Gasteiger partial charge < -0.3 is 20.5 Å². The Kier molecular flexibility index (Phi) is 8.84. The molecule has 0 heterocycles. The number of aliphatic hydroxyl groups is 1. The molecule has 0 saturated heterocycles. The predicted molar refractivity (Wildman–Crippen MR) is 93.9 cm³/mol. The van der Waals surface area contributed by atoms with Gasteiger partial charge in [0.15, 0.2) is 0 Å². The molecule has 0 fully saturated rings. The van der Waals surface area contributed by atoms with E-state index in [-0.39, 0.29) is 18.4 Å². The summed E-state index contributed by atoms with van der Waals surface area (Å²) in [6.07, 6.45) is 1.52. The molecule has 0 bridgehead atoms. The van der Waals surface area contributed by atoms with Gasteiger partial charge in [-0.25, -0.2) is 0 Å². The number of hydrogen-bond acceptors (Lipinski definition) is 5.